The number of hydrogen-bond acceptors (Lipinski definition) is 4. The van der Waals surface area contributed by atoms with E-state index in [1.165, 1.54) is 4.90 Å². The molecule has 4 nitrogen and oxygen atoms in total. The van der Waals surface area contributed by atoms with Crippen LogP contribution in [0.25, 0.3) is 6.08 Å². The molecule has 22 heavy (non-hydrogen) atoms. The average Bonchev–Trinajstić information content (AvgIpc) is 2.73. The van der Waals surface area contributed by atoms with Crippen molar-refractivity contribution in [2.45, 2.75) is 32.7 Å². The average molecular weight is 335 g/mol. The number of benzene rings is 1. The van der Waals surface area contributed by atoms with Gasteiger partial charge in [0.25, 0.3) is 5.91 Å². The summed E-state index contributed by atoms with van der Waals surface area (Å²) in [4.78, 5) is 25.6. The predicted molar refractivity (Wildman–Crippen MR) is 92.5 cm³/mol. The number of carboxylic acids is 1. The molecule has 1 N–H and O–H groups in total. The van der Waals surface area contributed by atoms with E-state index in [2.05, 4.69) is 0 Å². The van der Waals surface area contributed by atoms with Crippen molar-refractivity contribution < 1.29 is 14.7 Å². The van der Waals surface area contributed by atoms with Gasteiger partial charge >= 0.3 is 5.97 Å². The zero-order chi connectivity index (χ0) is 16.3. The van der Waals surface area contributed by atoms with Crippen LogP contribution in [0, 0.1) is 6.92 Å². The van der Waals surface area contributed by atoms with Crippen LogP contribution in [0.15, 0.2) is 29.2 Å². The van der Waals surface area contributed by atoms with Crippen molar-refractivity contribution in [3.8, 4) is 0 Å². The Morgan fingerprint density at radius 3 is 2.73 bits per heavy atom. The number of aliphatic carboxylic acids is 1. The van der Waals surface area contributed by atoms with Crippen molar-refractivity contribution in [3.63, 3.8) is 0 Å². The monoisotopic (exact) mass is 335 g/mol. The predicted octanol–water partition coefficient (Wildman–Crippen LogP) is 3.45. The molecule has 0 spiro atoms. The highest BCUT2D eigenvalue weighted by Gasteiger charge is 2.39. The van der Waals surface area contributed by atoms with Crippen LogP contribution in [0.2, 0.25) is 0 Å². The van der Waals surface area contributed by atoms with E-state index >= 15 is 0 Å². The van der Waals surface area contributed by atoms with Crippen molar-refractivity contribution in [1.29, 1.82) is 0 Å². The third-order valence-corrected chi connectivity index (χ3v) is 4.79. The maximum absolute atomic E-state index is 12.5. The lowest BCUT2D eigenvalue weighted by Gasteiger charge is -2.22. The van der Waals surface area contributed by atoms with Crippen LogP contribution in [-0.4, -0.2) is 32.2 Å². The zero-order valence-corrected chi connectivity index (χ0v) is 14.0. The zero-order valence-electron chi connectivity index (χ0n) is 12.4. The lowest BCUT2D eigenvalue weighted by atomic mass is 10.1. The summed E-state index contributed by atoms with van der Waals surface area (Å²) < 4.78 is 0.311. The third-order valence-electron chi connectivity index (χ3n) is 3.46. The van der Waals surface area contributed by atoms with Gasteiger partial charge in [-0.1, -0.05) is 61.6 Å². The van der Waals surface area contributed by atoms with E-state index in [1.807, 2.05) is 38.1 Å². The summed E-state index contributed by atoms with van der Waals surface area (Å²) in [6.45, 7) is 3.85. The molecule has 0 aromatic heterocycles. The molecule has 1 aliphatic heterocycles. The Balaban J connectivity index is 2.32. The number of aryl methyl sites for hydroxylation is 1. The minimum absolute atomic E-state index is 0.311. The van der Waals surface area contributed by atoms with E-state index in [9.17, 15) is 14.7 Å². The number of thiocarbonyl (C=S) groups is 1. The molecular weight excluding hydrogens is 318 g/mol. The summed E-state index contributed by atoms with van der Waals surface area (Å²) >= 11 is 6.38. The fourth-order valence-corrected chi connectivity index (χ4v) is 3.62. The molecule has 1 amide bonds. The second-order valence-corrected chi connectivity index (χ2v) is 6.73. The van der Waals surface area contributed by atoms with Crippen LogP contribution < -0.4 is 0 Å². The number of carboxylic acid groups (broad SMARTS) is 1. The van der Waals surface area contributed by atoms with E-state index < -0.39 is 12.0 Å². The first-order valence-electron chi connectivity index (χ1n) is 7.01. The summed E-state index contributed by atoms with van der Waals surface area (Å²) in [6.07, 6.45) is 2.84. The molecule has 0 bridgehead atoms. The summed E-state index contributed by atoms with van der Waals surface area (Å²) in [7, 11) is 0. The first-order chi connectivity index (χ1) is 10.5. The van der Waals surface area contributed by atoms with Crippen molar-refractivity contribution in [3.05, 3.63) is 40.3 Å². The molecule has 1 atom stereocenters. The number of thioether (sulfide) groups is 1. The summed E-state index contributed by atoms with van der Waals surface area (Å²) in [5, 5.41) is 9.34. The number of amides is 1. The van der Waals surface area contributed by atoms with Crippen molar-refractivity contribution in [1.82, 2.24) is 4.90 Å². The molecule has 0 radical (unpaired) electrons. The molecule has 2 rings (SSSR count). The Bertz CT molecular complexity index is 655. The third kappa shape index (κ3) is 3.39. The molecule has 0 saturated carbocycles. The topological polar surface area (TPSA) is 57.6 Å². The first-order valence-corrected chi connectivity index (χ1v) is 8.23. The Kier molecular flexibility index (Phi) is 5.37. The standard InChI is InChI=1S/C16H17NO3S2/c1-3-6-12(15(19)20)17-14(18)13(22-16(17)21)9-11-8-5-4-7-10(11)2/h4-5,7-9,12H,3,6H2,1-2H3,(H,19,20)/b13-9-. The Morgan fingerprint density at radius 2 is 2.14 bits per heavy atom. The highest BCUT2D eigenvalue weighted by Crippen LogP contribution is 2.35. The van der Waals surface area contributed by atoms with Gasteiger partial charge in [0.15, 0.2) is 0 Å². The molecule has 0 aliphatic carbocycles. The van der Waals surface area contributed by atoms with Gasteiger partial charge in [-0.05, 0) is 30.5 Å². The number of carbonyl (C=O) groups is 2. The number of rotatable bonds is 5. The first kappa shape index (κ1) is 16.7. The van der Waals surface area contributed by atoms with Gasteiger partial charge in [-0.25, -0.2) is 4.79 Å². The smallest absolute Gasteiger partial charge is 0.326 e. The number of carbonyl (C=O) groups excluding carboxylic acids is 1. The van der Waals surface area contributed by atoms with E-state index in [0.29, 0.717) is 22.1 Å². The second-order valence-electron chi connectivity index (χ2n) is 5.05. The molecule has 1 aliphatic rings. The van der Waals surface area contributed by atoms with Gasteiger partial charge in [-0.15, -0.1) is 0 Å². The largest absolute Gasteiger partial charge is 0.480 e. The normalized spacial score (nSPS) is 18.1. The van der Waals surface area contributed by atoms with E-state index in [-0.39, 0.29) is 5.91 Å². The van der Waals surface area contributed by atoms with Crippen LogP contribution in [0.5, 0.6) is 0 Å². The molecular formula is C16H17NO3S2. The highest BCUT2D eigenvalue weighted by molar-refractivity contribution is 8.26. The Labute approximate surface area is 139 Å². The molecule has 1 saturated heterocycles. The lowest BCUT2D eigenvalue weighted by Crippen LogP contribution is -2.43. The number of nitrogens with zero attached hydrogens (tertiary/aromatic N) is 1. The minimum atomic E-state index is -1.02. The van der Waals surface area contributed by atoms with E-state index in [1.54, 1.807) is 6.08 Å². The highest BCUT2D eigenvalue weighted by atomic mass is 32.2. The van der Waals surface area contributed by atoms with Gasteiger partial charge in [0.2, 0.25) is 0 Å². The van der Waals surface area contributed by atoms with Crippen molar-refractivity contribution >= 4 is 46.3 Å². The fraction of sp³-hybridized carbons (Fsp3) is 0.312. The van der Waals surface area contributed by atoms with Crippen LogP contribution in [0.1, 0.15) is 30.9 Å². The summed E-state index contributed by atoms with van der Waals surface area (Å²) in [5.41, 5.74) is 1.99. The van der Waals surface area contributed by atoms with Gasteiger partial charge in [-0.3, -0.25) is 9.69 Å². The molecule has 1 aromatic rings. The van der Waals surface area contributed by atoms with Crippen LogP contribution in [0.4, 0.5) is 0 Å². The van der Waals surface area contributed by atoms with Crippen LogP contribution in [-0.2, 0) is 9.59 Å². The summed E-state index contributed by atoms with van der Waals surface area (Å²) in [5.74, 6) is -1.34. The van der Waals surface area contributed by atoms with E-state index in [0.717, 1.165) is 22.9 Å². The maximum Gasteiger partial charge on any atom is 0.326 e. The Hall–Kier alpha value is -1.66. The maximum atomic E-state index is 12.5. The van der Waals surface area contributed by atoms with Gasteiger partial charge in [0, 0.05) is 0 Å². The lowest BCUT2D eigenvalue weighted by molar-refractivity contribution is -0.145. The molecule has 116 valence electrons. The summed E-state index contributed by atoms with van der Waals surface area (Å²) in [6, 6.07) is 6.82. The number of hydrogen-bond donors (Lipinski definition) is 1. The molecule has 1 heterocycles. The molecule has 6 heteroatoms. The SMILES string of the molecule is CCCC(C(=O)O)N1C(=O)/C(=C/c2ccccc2C)SC1=S. The quantitative estimate of drug-likeness (QED) is 0.660. The molecule has 1 fully saturated rings. The molecule has 1 unspecified atom stereocenters. The fourth-order valence-electron chi connectivity index (χ4n) is 2.27. The van der Waals surface area contributed by atoms with Gasteiger partial charge in [0.1, 0.15) is 10.4 Å². The van der Waals surface area contributed by atoms with Crippen LogP contribution in [0.3, 0.4) is 0 Å². The van der Waals surface area contributed by atoms with Crippen molar-refractivity contribution in [2.24, 2.45) is 0 Å². The second kappa shape index (κ2) is 7.07. The van der Waals surface area contributed by atoms with Gasteiger partial charge in [0.05, 0.1) is 4.91 Å². The van der Waals surface area contributed by atoms with E-state index in [4.69, 9.17) is 12.2 Å². The van der Waals surface area contributed by atoms with Gasteiger partial charge in [-0.2, -0.15) is 0 Å². The Morgan fingerprint density at radius 1 is 1.45 bits per heavy atom. The minimum Gasteiger partial charge on any atom is -0.480 e. The van der Waals surface area contributed by atoms with Gasteiger partial charge < -0.3 is 5.11 Å². The molecule has 1 aromatic carbocycles. The van der Waals surface area contributed by atoms with Crippen molar-refractivity contribution in [2.75, 3.05) is 0 Å². The van der Waals surface area contributed by atoms with Crippen LogP contribution >= 0.6 is 24.0 Å².